The van der Waals surface area contributed by atoms with Gasteiger partial charge in [-0.2, -0.15) is 0 Å². The van der Waals surface area contributed by atoms with Crippen molar-refractivity contribution < 1.29 is 9.53 Å². The van der Waals surface area contributed by atoms with E-state index in [0.717, 1.165) is 0 Å². The van der Waals surface area contributed by atoms with E-state index in [0.29, 0.717) is 21.9 Å². The fraction of sp³-hybridized carbons (Fsp3) is 0.0667. The minimum atomic E-state index is -0.249. The number of benzene rings is 1. The predicted octanol–water partition coefficient (Wildman–Crippen LogP) is 4.18. The van der Waals surface area contributed by atoms with Crippen LogP contribution in [0.15, 0.2) is 49.3 Å². The summed E-state index contributed by atoms with van der Waals surface area (Å²) in [5.41, 5.74) is 0.742. The highest BCUT2D eigenvalue weighted by Crippen LogP contribution is 2.33. The molecule has 1 aromatic carbocycles. The molecule has 0 amide bonds. The quantitative estimate of drug-likeness (QED) is 0.614. The van der Waals surface area contributed by atoms with Gasteiger partial charge < -0.3 is 4.74 Å². The van der Waals surface area contributed by atoms with E-state index in [1.807, 2.05) is 0 Å². The fourth-order valence-electron chi connectivity index (χ4n) is 1.67. The lowest BCUT2D eigenvalue weighted by Crippen LogP contribution is -2.06. The molecular weight excluding hydrogens is 297 g/mol. The van der Waals surface area contributed by atoms with E-state index in [2.05, 4.69) is 11.6 Å². The van der Waals surface area contributed by atoms with Crippen LogP contribution >= 0.6 is 23.2 Å². The molecule has 0 saturated carbocycles. The number of pyridine rings is 1. The number of carbonyl (C=O) groups is 1. The maximum Gasteiger partial charge on any atom is 0.198 e. The van der Waals surface area contributed by atoms with E-state index in [-0.39, 0.29) is 17.4 Å². The van der Waals surface area contributed by atoms with Crippen molar-refractivity contribution >= 4 is 29.0 Å². The molecule has 0 radical (unpaired) electrons. The largest absolute Gasteiger partial charge is 0.487 e. The average Bonchev–Trinajstić information content (AvgIpc) is 2.46. The van der Waals surface area contributed by atoms with Gasteiger partial charge in [0.25, 0.3) is 0 Å². The zero-order valence-corrected chi connectivity index (χ0v) is 12.0. The number of nitrogens with zero attached hydrogens (tertiary/aromatic N) is 1. The van der Waals surface area contributed by atoms with Gasteiger partial charge in [-0.25, -0.2) is 0 Å². The van der Waals surface area contributed by atoms with E-state index in [1.54, 1.807) is 24.4 Å². The Bertz CT molecular complexity index is 642. The number of hydrogen-bond donors (Lipinski definition) is 0. The van der Waals surface area contributed by atoms with Crippen LogP contribution in [0.5, 0.6) is 5.75 Å². The van der Waals surface area contributed by atoms with E-state index in [1.165, 1.54) is 18.3 Å². The Hall–Kier alpha value is -1.84. The Balaban J connectivity index is 2.49. The van der Waals surface area contributed by atoms with Crippen LogP contribution in [-0.4, -0.2) is 17.4 Å². The van der Waals surface area contributed by atoms with Gasteiger partial charge >= 0.3 is 0 Å². The third-order valence-corrected chi connectivity index (χ3v) is 3.02. The summed E-state index contributed by atoms with van der Waals surface area (Å²) in [6.07, 6.45) is 4.65. The molecule has 102 valence electrons. The molecular formula is C15H11Cl2NO2. The van der Waals surface area contributed by atoms with Gasteiger partial charge in [0.2, 0.25) is 0 Å². The lowest BCUT2D eigenvalue weighted by Gasteiger charge is -2.12. The molecule has 3 nitrogen and oxygen atoms in total. The Morgan fingerprint density at radius 2 is 2.20 bits per heavy atom. The maximum absolute atomic E-state index is 12.5. The van der Waals surface area contributed by atoms with Gasteiger partial charge in [0, 0.05) is 23.0 Å². The lowest BCUT2D eigenvalue weighted by molar-refractivity contribution is 0.103. The number of hydrogen-bond acceptors (Lipinski definition) is 3. The molecule has 0 bridgehead atoms. The second-order valence-corrected chi connectivity index (χ2v) is 4.78. The second kappa shape index (κ2) is 6.55. The molecule has 1 aromatic heterocycles. The minimum Gasteiger partial charge on any atom is -0.487 e. The predicted molar refractivity (Wildman–Crippen MR) is 79.8 cm³/mol. The first-order valence-corrected chi connectivity index (χ1v) is 6.56. The van der Waals surface area contributed by atoms with Crippen LogP contribution in [0.25, 0.3) is 0 Å². The van der Waals surface area contributed by atoms with Gasteiger partial charge in [-0.1, -0.05) is 35.9 Å². The summed E-state index contributed by atoms with van der Waals surface area (Å²) in [7, 11) is 0. The Morgan fingerprint density at radius 3 is 2.85 bits per heavy atom. The molecule has 0 aliphatic rings. The molecule has 0 atom stereocenters. The molecule has 2 aromatic rings. The fourth-order valence-corrected chi connectivity index (χ4v) is 2.22. The van der Waals surface area contributed by atoms with Crippen LogP contribution in [0.4, 0.5) is 0 Å². The number of halogens is 2. The van der Waals surface area contributed by atoms with Crippen molar-refractivity contribution in [3.8, 4) is 5.75 Å². The van der Waals surface area contributed by atoms with E-state index < -0.39 is 0 Å². The van der Waals surface area contributed by atoms with Crippen LogP contribution in [0, 0.1) is 0 Å². The maximum atomic E-state index is 12.5. The van der Waals surface area contributed by atoms with Gasteiger partial charge in [0.1, 0.15) is 12.4 Å². The monoisotopic (exact) mass is 307 g/mol. The summed E-state index contributed by atoms with van der Waals surface area (Å²) in [4.78, 5) is 16.4. The topological polar surface area (TPSA) is 39.2 Å². The first-order valence-electron chi connectivity index (χ1n) is 5.81. The number of rotatable bonds is 5. The van der Waals surface area contributed by atoms with Crippen LogP contribution in [-0.2, 0) is 0 Å². The summed E-state index contributed by atoms with van der Waals surface area (Å²) < 4.78 is 5.46. The molecule has 0 aliphatic heterocycles. The Morgan fingerprint density at radius 1 is 1.40 bits per heavy atom. The smallest absolute Gasteiger partial charge is 0.198 e. The Kier molecular flexibility index (Phi) is 4.77. The van der Waals surface area contributed by atoms with Crippen LogP contribution < -0.4 is 4.74 Å². The molecule has 0 unspecified atom stereocenters. The summed E-state index contributed by atoms with van der Waals surface area (Å²) in [5.74, 6) is 0.0476. The molecule has 0 N–H and O–H groups in total. The molecule has 2 rings (SSSR count). The molecule has 0 aliphatic carbocycles. The van der Waals surface area contributed by atoms with Crippen molar-refractivity contribution in [1.82, 2.24) is 4.98 Å². The lowest BCUT2D eigenvalue weighted by atomic mass is 10.0. The van der Waals surface area contributed by atoms with Crippen LogP contribution in [0.3, 0.4) is 0 Å². The van der Waals surface area contributed by atoms with E-state index in [4.69, 9.17) is 27.9 Å². The first kappa shape index (κ1) is 14.6. The third-order valence-electron chi connectivity index (χ3n) is 2.52. The zero-order valence-electron chi connectivity index (χ0n) is 10.5. The van der Waals surface area contributed by atoms with Gasteiger partial charge in [-0.3, -0.25) is 9.78 Å². The average molecular weight is 308 g/mol. The zero-order chi connectivity index (χ0) is 14.5. The van der Waals surface area contributed by atoms with Gasteiger partial charge in [-0.15, -0.1) is 0 Å². The van der Waals surface area contributed by atoms with E-state index >= 15 is 0 Å². The van der Waals surface area contributed by atoms with Gasteiger partial charge in [0.05, 0.1) is 10.6 Å². The summed E-state index contributed by atoms with van der Waals surface area (Å²) in [6, 6.07) is 6.41. The molecule has 0 saturated heterocycles. The van der Waals surface area contributed by atoms with Crippen molar-refractivity contribution in [2.24, 2.45) is 0 Å². The number of aromatic nitrogens is 1. The van der Waals surface area contributed by atoms with Crippen molar-refractivity contribution in [3.05, 3.63) is 70.5 Å². The molecule has 0 fully saturated rings. The van der Waals surface area contributed by atoms with Crippen LogP contribution in [0.1, 0.15) is 15.9 Å². The first-order chi connectivity index (χ1) is 9.63. The number of carbonyl (C=O) groups excluding carboxylic acids is 1. The summed E-state index contributed by atoms with van der Waals surface area (Å²) in [5, 5.41) is 0.653. The second-order valence-electron chi connectivity index (χ2n) is 3.93. The van der Waals surface area contributed by atoms with Crippen molar-refractivity contribution in [2.75, 3.05) is 6.61 Å². The minimum absolute atomic E-state index is 0.245. The molecule has 20 heavy (non-hydrogen) atoms. The highest BCUT2D eigenvalue weighted by molar-refractivity contribution is 6.36. The van der Waals surface area contributed by atoms with Crippen molar-refractivity contribution in [3.63, 3.8) is 0 Å². The Labute approximate surface area is 126 Å². The van der Waals surface area contributed by atoms with Gasteiger partial charge in [-0.05, 0) is 24.3 Å². The summed E-state index contributed by atoms with van der Waals surface area (Å²) in [6.45, 7) is 3.81. The molecule has 0 spiro atoms. The highest BCUT2D eigenvalue weighted by atomic mass is 35.5. The summed E-state index contributed by atoms with van der Waals surface area (Å²) >= 11 is 12.1. The highest BCUT2D eigenvalue weighted by Gasteiger charge is 2.18. The van der Waals surface area contributed by atoms with Crippen molar-refractivity contribution in [2.45, 2.75) is 0 Å². The van der Waals surface area contributed by atoms with Gasteiger partial charge in [0.15, 0.2) is 5.78 Å². The molecule has 1 heterocycles. The number of ketones is 1. The SMILES string of the molecule is C=CCOc1c(Cl)cc(Cl)cc1C(=O)c1cccnc1. The number of ether oxygens (including phenoxy) is 1. The third kappa shape index (κ3) is 3.18. The molecule has 5 heteroatoms. The normalized spacial score (nSPS) is 10.1. The standard InChI is InChI=1S/C15H11Cl2NO2/c1-2-6-20-15-12(7-11(16)8-13(15)17)14(19)10-4-3-5-18-9-10/h2-5,7-9H,1,6H2. The van der Waals surface area contributed by atoms with Crippen LogP contribution in [0.2, 0.25) is 10.0 Å². The van der Waals surface area contributed by atoms with Crippen molar-refractivity contribution in [1.29, 1.82) is 0 Å². The van der Waals surface area contributed by atoms with E-state index in [9.17, 15) is 4.79 Å².